The van der Waals surface area contributed by atoms with Gasteiger partial charge in [0.15, 0.2) is 11.4 Å². The zero-order valence-electron chi connectivity index (χ0n) is 19.8. The molecule has 0 aliphatic carbocycles. The van der Waals surface area contributed by atoms with Crippen molar-refractivity contribution in [2.75, 3.05) is 5.32 Å². The normalized spacial score (nSPS) is 12.4. The van der Waals surface area contributed by atoms with Crippen molar-refractivity contribution >= 4 is 11.6 Å². The minimum atomic E-state index is -0.905. The number of hydrogen-bond acceptors (Lipinski definition) is 9. The van der Waals surface area contributed by atoms with Crippen molar-refractivity contribution in [1.82, 2.24) is 24.5 Å². The first kappa shape index (κ1) is 24.8. The number of carbonyl (C=O) groups excluding carboxylic acids is 1. The van der Waals surface area contributed by atoms with Crippen LogP contribution in [0, 0.1) is 28.5 Å². The number of halogens is 1. The molecule has 0 saturated carbocycles. The number of nitrogens with zero attached hydrogens (tertiary/aromatic N) is 7. The van der Waals surface area contributed by atoms with Gasteiger partial charge in [0.1, 0.15) is 29.7 Å². The third kappa shape index (κ3) is 4.53. The van der Waals surface area contributed by atoms with Crippen molar-refractivity contribution in [2.45, 2.75) is 18.8 Å². The number of nitriles is 2. The van der Waals surface area contributed by atoms with Crippen LogP contribution in [0.5, 0.6) is 5.75 Å². The summed E-state index contributed by atoms with van der Waals surface area (Å²) in [7, 11) is 2.95. The molecule has 1 aromatic carbocycles. The molecule has 0 saturated heterocycles. The third-order valence-electron chi connectivity index (χ3n) is 5.88. The second-order valence-corrected chi connectivity index (χ2v) is 8.23. The highest BCUT2D eigenvalue weighted by atomic mass is 19.1. The average Bonchev–Trinajstić information content (AvgIpc) is 3.52. The van der Waals surface area contributed by atoms with E-state index in [0.717, 1.165) is 16.9 Å². The molecule has 12 nitrogen and oxygen atoms in total. The van der Waals surface area contributed by atoms with Crippen LogP contribution in [0.15, 0.2) is 46.2 Å². The molecule has 0 unspecified atom stereocenters. The summed E-state index contributed by atoms with van der Waals surface area (Å²) in [6.45, 7) is 1.64. The Morgan fingerprint density at radius 1 is 1.24 bits per heavy atom. The summed E-state index contributed by atoms with van der Waals surface area (Å²) in [6.07, 6.45) is 3.92. The van der Waals surface area contributed by atoms with Gasteiger partial charge in [-0.05, 0) is 23.8 Å². The average molecular weight is 502 g/mol. The molecule has 0 aliphatic heterocycles. The Hall–Kier alpha value is -5.30. The van der Waals surface area contributed by atoms with Crippen LogP contribution in [-0.4, -0.2) is 35.5 Å². The number of aromatic hydroxyl groups is 1. The fourth-order valence-electron chi connectivity index (χ4n) is 4.20. The second kappa shape index (κ2) is 9.75. The fraction of sp³-hybridized carbons (Fsp3) is 0.208. The van der Waals surface area contributed by atoms with E-state index in [2.05, 4.69) is 25.1 Å². The van der Waals surface area contributed by atoms with Crippen molar-refractivity contribution in [3.05, 3.63) is 86.9 Å². The molecule has 3 aromatic heterocycles. The Morgan fingerprint density at radius 3 is 2.65 bits per heavy atom. The highest BCUT2D eigenvalue weighted by Gasteiger charge is 2.33. The van der Waals surface area contributed by atoms with Gasteiger partial charge in [0, 0.05) is 37.7 Å². The summed E-state index contributed by atoms with van der Waals surface area (Å²) in [5, 5.41) is 39.9. The molecule has 0 bridgehead atoms. The number of rotatable bonds is 6. The van der Waals surface area contributed by atoms with Gasteiger partial charge in [-0.25, -0.2) is 9.37 Å². The van der Waals surface area contributed by atoms with E-state index in [1.807, 2.05) is 12.1 Å². The van der Waals surface area contributed by atoms with Crippen molar-refractivity contribution in [1.29, 1.82) is 10.5 Å². The van der Waals surface area contributed by atoms with Crippen molar-refractivity contribution in [3.63, 3.8) is 0 Å². The summed E-state index contributed by atoms with van der Waals surface area (Å²) < 4.78 is 21.5. The monoisotopic (exact) mass is 502 g/mol. The van der Waals surface area contributed by atoms with Gasteiger partial charge in [-0.2, -0.15) is 15.6 Å². The molecule has 4 rings (SSSR count). The summed E-state index contributed by atoms with van der Waals surface area (Å²) in [5.41, 5.74) is -0.530. The van der Waals surface area contributed by atoms with Crippen LogP contribution in [0.1, 0.15) is 57.5 Å². The number of nitrogens with one attached hydrogen (secondary N) is 1. The van der Waals surface area contributed by atoms with E-state index >= 15 is 0 Å². The summed E-state index contributed by atoms with van der Waals surface area (Å²) in [4.78, 5) is 30.0. The van der Waals surface area contributed by atoms with Crippen LogP contribution in [-0.2, 0) is 14.1 Å². The predicted molar refractivity (Wildman–Crippen MR) is 125 cm³/mol. The van der Waals surface area contributed by atoms with Gasteiger partial charge in [-0.3, -0.25) is 18.8 Å². The number of benzene rings is 1. The van der Waals surface area contributed by atoms with E-state index in [4.69, 9.17) is 0 Å². The number of aromatic nitrogens is 5. The Morgan fingerprint density at radius 2 is 2.00 bits per heavy atom. The Balaban J connectivity index is 1.93. The lowest BCUT2D eigenvalue weighted by molar-refractivity contribution is 0.101. The molecule has 0 spiro atoms. The number of aryl methyl sites for hydroxylation is 1. The highest BCUT2D eigenvalue weighted by Crippen LogP contribution is 2.40. The van der Waals surface area contributed by atoms with Gasteiger partial charge in [-0.15, -0.1) is 0 Å². The Bertz CT molecular complexity index is 1640. The first-order valence-corrected chi connectivity index (χ1v) is 10.8. The minimum Gasteiger partial charge on any atom is -0.501 e. The maximum atomic E-state index is 14.4. The summed E-state index contributed by atoms with van der Waals surface area (Å²) >= 11 is 0. The van der Waals surface area contributed by atoms with Gasteiger partial charge in [-0.1, -0.05) is 12.1 Å². The van der Waals surface area contributed by atoms with Gasteiger partial charge in [0.05, 0.1) is 17.8 Å². The lowest BCUT2D eigenvalue weighted by Gasteiger charge is -2.26. The summed E-state index contributed by atoms with van der Waals surface area (Å²) in [6, 6.07) is 7.65. The van der Waals surface area contributed by atoms with Crippen LogP contribution in [0.2, 0.25) is 0 Å². The Kier molecular flexibility index (Phi) is 6.54. The zero-order chi connectivity index (χ0) is 26.9. The van der Waals surface area contributed by atoms with Gasteiger partial charge in [0.2, 0.25) is 5.75 Å². The van der Waals surface area contributed by atoms with E-state index in [-0.39, 0.29) is 28.3 Å². The fourth-order valence-corrected chi connectivity index (χ4v) is 4.20. The maximum absolute atomic E-state index is 14.4. The van der Waals surface area contributed by atoms with E-state index in [1.165, 1.54) is 30.1 Å². The molecule has 0 fully saturated rings. The smallest absolute Gasteiger partial charge is 0.296 e. The first-order valence-electron chi connectivity index (χ1n) is 10.8. The quantitative estimate of drug-likeness (QED) is 0.400. The van der Waals surface area contributed by atoms with E-state index in [1.54, 1.807) is 20.2 Å². The van der Waals surface area contributed by atoms with Gasteiger partial charge >= 0.3 is 0 Å². The van der Waals surface area contributed by atoms with Crippen molar-refractivity contribution < 1.29 is 18.8 Å². The van der Waals surface area contributed by atoms with Crippen LogP contribution >= 0.6 is 0 Å². The third-order valence-corrected chi connectivity index (χ3v) is 5.88. The molecule has 2 N–H and O–H groups in total. The molecular weight excluding hydrogens is 483 g/mol. The molecule has 2 atom stereocenters. The second-order valence-electron chi connectivity index (χ2n) is 8.23. The van der Waals surface area contributed by atoms with E-state index < -0.39 is 40.6 Å². The highest BCUT2D eigenvalue weighted by molar-refractivity contribution is 6.04. The van der Waals surface area contributed by atoms with Crippen molar-refractivity contribution in [3.8, 4) is 17.9 Å². The molecular formula is C24H19FN8O4. The van der Waals surface area contributed by atoms with Gasteiger partial charge < -0.3 is 14.9 Å². The standard InChI is InChI=1S/C24H19FN8O4/c1-12(22-30-20(21(34)24(36)33(22)3)23(35)29-15-9-28-37-11-15)19(17-10-32(2)31-18(17)8-27)16-6-14(25)5-4-13(16)7-26/h4-6,9-12,19,34H,1-3H3,(H,29,35)/t12-,19-/m0/s1. The van der Waals surface area contributed by atoms with Crippen LogP contribution in [0.25, 0.3) is 0 Å². The van der Waals surface area contributed by atoms with Gasteiger partial charge in [0.25, 0.3) is 11.5 Å². The molecule has 4 aromatic rings. The Labute approximate surface area is 208 Å². The lowest BCUT2D eigenvalue weighted by Crippen LogP contribution is -2.29. The number of amides is 1. The first-order chi connectivity index (χ1) is 17.7. The van der Waals surface area contributed by atoms with Crippen molar-refractivity contribution in [2.24, 2.45) is 14.1 Å². The number of anilines is 1. The maximum Gasteiger partial charge on any atom is 0.296 e. The lowest BCUT2D eigenvalue weighted by atomic mass is 9.79. The molecule has 13 heteroatoms. The van der Waals surface area contributed by atoms with Crippen LogP contribution < -0.4 is 10.9 Å². The van der Waals surface area contributed by atoms with E-state index in [0.29, 0.717) is 5.56 Å². The topological polar surface area (TPSA) is 176 Å². The van der Waals surface area contributed by atoms with Crippen LogP contribution in [0.3, 0.4) is 0 Å². The molecule has 37 heavy (non-hydrogen) atoms. The van der Waals surface area contributed by atoms with E-state index in [9.17, 15) is 29.6 Å². The molecule has 1 amide bonds. The SMILES string of the molecule is C[C@H](c1nc(C(=O)Nc2cnoc2)c(O)c(=O)n1C)[C@@H](c1cc(F)ccc1C#N)c1cn(C)nc1C#N. The minimum absolute atomic E-state index is 0.0294. The molecule has 186 valence electrons. The predicted octanol–water partition coefficient (Wildman–Crippen LogP) is 2.28. The molecule has 0 aliphatic rings. The number of hydrogen-bond donors (Lipinski definition) is 2. The summed E-state index contributed by atoms with van der Waals surface area (Å²) in [5.74, 6) is -4.06. The molecule has 0 radical (unpaired) electrons. The molecule has 3 heterocycles. The number of carbonyl (C=O) groups is 1. The largest absolute Gasteiger partial charge is 0.501 e. The van der Waals surface area contributed by atoms with Crippen LogP contribution in [0.4, 0.5) is 10.1 Å². The zero-order valence-corrected chi connectivity index (χ0v) is 19.8.